The maximum absolute atomic E-state index is 15.0. The average Bonchev–Trinajstić information content (AvgIpc) is 3.64. The molecular weight excluding hydrogens is 640 g/mol. The molecule has 2 heterocycles. The van der Waals surface area contributed by atoms with E-state index < -0.39 is 18.5 Å². The first-order valence-electron chi connectivity index (χ1n) is 14.7. The van der Waals surface area contributed by atoms with Crippen molar-refractivity contribution in [2.75, 3.05) is 16.0 Å². The smallest absolute Gasteiger partial charge is 0.489 e. The summed E-state index contributed by atoms with van der Waals surface area (Å²) in [6.07, 6.45) is -3.43. The third kappa shape index (κ3) is 8.80. The Hall–Kier alpha value is -4.63. The minimum atomic E-state index is -4.78. The van der Waals surface area contributed by atoms with Crippen molar-refractivity contribution in [2.45, 2.75) is 58.9 Å². The van der Waals surface area contributed by atoms with Crippen LogP contribution in [0.5, 0.6) is 11.5 Å². The molecule has 15 heteroatoms. The largest absolute Gasteiger partial charge is 0.573 e. The molecule has 47 heavy (non-hydrogen) atoms. The van der Waals surface area contributed by atoms with Crippen molar-refractivity contribution in [3.63, 3.8) is 0 Å². The van der Waals surface area contributed by atoms with Crippen LogP contribution < -0.4 is 19.7 Å². The normalized spacial score (nSPS) is 15.6. The number of carbonyl (C=O) groups is 1. The number of aliphatic imine (C=N–C) groups is 1. The van der Waals surface area contributed by atoms with E-state index in [0.29, 0.717) is 41.4 Å². The quantitative estimate of drug-likeness (QED) is 0.131. The van der Waals surface area contributed by atoms with E-state index in [-0.39, 0.29) is 34.4 Å². The molecule has 1 amide bonds. The van der Waals surface area contributed by atoms with Gasteiger partial charge in [0.2, 0.25) is 12.3 Å². The third-order valence-corrected chi connectivity index (χ3v) is 8.02. The molecule has 0 radical (unpaired) electrons. The SMILES string of the molecule is CCC(C)Oc1ccc(C)cc1N1C(=O)CS/C1=N\C(O)Nc1ccc(CCc2ncn(-c3ccc(OC(F)(F)F)cc3)n2)cc1F. The molecule has 1 aliphatic rings. The number of amides is 1. The van der Waals surface area contributed by atoms with Gasteiger partial charge in [0, 0.05) is 6.42 Å². The average molecular weight is 673 g/mol. The lowest BCUT2D eigenvalue weighted by atomic mass is 10.1. The summed E-state index contributed by atoms with van der Waals surface area (Å²) in [6.45, 7) is 5.83. The van der Waals surface area contributed by atoms with Crippen LogP contribution in [-0.4, -0.2) is 55.5 Å². The fourth-order valence-electron chi connectivity index (χ4n) is 4.60. The molecule has 1 fully saturated rings. The number of anilines is 2. The van der Waals surface area contributed by atoms with Gasteiger partial charge in [-0.15, -0.1) is 13.2 Å². The Morgan fingerprint density at radius 3 is 2.57 bits per heavy atom. The van der Waals surface area contributed by atoms with E-state index in [2.05, 4.69) is 25.1 Å². The van der Waals surface area contributed by atoms with Crippen molar-refractivity contribution >= 4 is 34.2 Å². The van der Waals surface area contributed by atoms with Gasteiger partial charge in [0.25, 0.3) is 0 Å². The highest BCUT2D eigenvalue weighted by Gasteiger charge is 2.33. The minimum absolute atomic E-state index is 0.0168. The second-order valence-electron chi connectivity index (χ2n) is 10.7. The van der Waals surface area contributed by atoms with E-state index in [9.17, 15) is 23.1 Å². The number of aliphatic hydroxyl groups is 1. The highest BCUT2D eigenvalue weighted by atomic mass is 32.2. The fraction of sp³-hybridized carbons (Fsp3) is 0.312. The van der Waals surface area contributed by atoms with Crippen LogP contribution in [0, 0.1) is 12.7 Å². The van der Waals surface area contributed by atoms with Gasteiger partial charge in [-0.3, -0.25) is 9.69 Å². The molecular formula is C32H32F4N6O4S. The molecule has 4 aromatic rings. The predicted octanol–water partition coefficient (Wildman–Crippen LogP) is 6.40. The van der Waals surface area contributed by atoms with Gasteiger partial charge in [0.1, 0.15) is 23.6 Å². The lowest BCUT2D eigenvalue weighted by Crippen LogP contribution is -2.32. The number of hydrogen-bond acceptors (Lipinski definition) is 9. The van der Waals surface area contributed by atoms with Crippen LogP contribution >= 0.6 is 11.8 Å². The van der Waals surface area contributed by atoms with Gasteiger partial charge in [-0.1, -0.05) is 30.8 Å². The molecule has 10 nitrogen and oxygen atoms in total. The Bertz CT molecular complexity index is 1750. The van der Waals surface area contributed by atoms with Crippen molar-refractivity contribution in [1.29, 1.82) is 0 Å². The number of amidine groups is 1. The summed E-state index contributed by atoms with van der Waals surface area (Å²) in [5.41, 5.74) is 2.59. The topological polar surface area (TPSA) is 114 Å². The number of alkyl halides is 3. The van der Waals surface area contributed by atoms with Crippen LogP contribution in [0.4, 0.5) is 28.9 Å². The van der Waals surface area contributed by atoms with E-state index in [0.717, 1.165) is 23.7 Å². The van der Waals surface area contributed by atoms with Crippen molar-refractivity contribution in [2.24, 2.45) is 4.99 Å². The van der Waals surface area contributed by atoms with Gasteiger partial charge in [-0.25, -0.2) is 19.0 Å². The van der Waals surface area contributed by atoms with Crippen LogP contribution in [0.15, 0.2) is 72.0 Å². The maximum atomic E-state index is 15.0. The molecule has 1 aromatic heterocycles. The highest BCUT2D eigenvalue weighted by Crippen LogP contribution is 2.36. The molecule has 3 aromatic carbocycles. The summed E-state index contributed by atoms with van der Waals surface area (Å²) >= 11 is 1.16. The number of nitrogens with zero attached hydrogens (tertiary/aromatic N) is 5. The number of carbonyl (C=O) groups excluding carboxylic acids is 1. The number of ether oxygens (including phenoxy) is 2. The fourth-order valence-corrected chi connectivity index (χ4v) is 5.48. The molecule has 2 unspecified atom stereocenters. The van der Waals surface area contributed by atoms with E-state index in [4.69, 9.17) is 4.74 Å². The summed E-state index contributed by atoms with van der Waals surface area (Å²) in [6, 6.07) is 15.2. The Morgan fingerprint density at radius 2 is 1.87 bits per heavy atom. The minimum Gasteiger partial charge on any atom is -0.489 e. The lowest BCUT2D eigenvalue weighted by molar-refractivity contribution is -0.274. The first-order chi connectivity index (χ1) is 22.4. The standard InChI is InChI=1S/C32H32F4N6O4S/c1-4-20(3)45-27-13-5-19(2)15-26(27)42-29(43)17-47-31(42)39-30(44)38-25-12-6-21(16-24(25)33)7-14-28-37-18-41(40-28)22-8-10-23(11-9-22)46-32(34,35)36/h5-6,8-13,15-16,18,20,30,38,44H,4,7,14,17H2,1-3H3/b39-31-. The Morgan fingerprint density at radius 1 is 1.11 bits per heavy atom. The number of rotatable bonds is 12. The summed E-state index contributed by atoms with van der Waals surface area (Å²) < 4.78 is 63.6. The second kappa shape index (κ2) is 14.4. The van der Waals surface area contributed by atoms with Crippen molar-refractivity contribution in [3.8, 4) is 17.2 Å². The lowest BCUT2D eigenvalue weighted by Gasteiger charge is -2.23. The number of thioether (sulfide) groups is 1. The van der Waals surface area contributed by atoms with Crippen LogP contribution in [-0.2, 0) is 17.6 Å². The molecule has 0 saturated carbocycles. The number of aromatic nitrogens is 3. The van der Waals surface area contributed by atoms with Crippen molar-refractivity contribution in [1.82, 2.24) is 14.8 Å². The van der Waals surface area contributed by atoms with Gasteiger partial charge >= 0.3 is 6.36 Å². The van der Waals surface area contributed by atoms with Crippen LogP contribution in [0.1, 0.15) is 37.2 Å². The Kier molecular flexibility index (Phi) is 10.3. The van der Waals surface area contributed by atoms with Crippen molar-refractivity contribution in [3.05, 3.63) is 89.8 Å². The summed E-state index contributed by atoms with van der Waals surface area (Å²) in [4.78, 5) is 22.8. The van der Waals surface area contributed by atoms with Crippen molar-refractivity contribution < 1.29 is 36.9 Å². The number of hydrogen-bond donors (Lipinski definition) is 2. The molecule has 1 aliphatic heterocycles. The maximum Gasteiger partial charge on any atom is 0.573 e. The molecule has 2 atom stereocenters. The zero-order chi connectivity index (χ0) is 33.7. The summed E-state index contributed by atoms with van der Waals surface area (Å²) in [5.74, 6) is -0.0801. The number of benzene rings is 3. The first kappa shape index (κ1) is 33.7. The zero-order valence-electron chi connectivity index (χ0n) is 25.7. The monoisotopic (exact) mass is 672 g/mol. The molecule has 248 valence electrons. The molecule has 0 bridgehead atoms. The van der Waals surface area contributed by atoms with Crippen LogP contribution in [0.25, 0.3) is 5.69 Å². The van der Waals surface area contributed by atoms with Crippen LogP contribution in [0.3, 0.4) is 0 Å². The van der Waals surface area contributed by atoms with E-state index >= 15 is 4.39 Å². The van der Waals surface area contributed by atoms with Gasteiger partial charge in [0.05, 0.1) is 28.9 Å². The number of nitrogens with one attached hydrogen (secondary N) is 1. The van der Waals surface area contributed by atoms with Crippen LogP contribution in [0.2, 0.25) is 0 Å². The van der Waals surface area contributed by atoms with E-state index in [1.807, 2.05) is 32.9 Å². The molecule has 0 spiro atoms. The molecule has 1 saturated heterocycles. The number of halogens is 4. The van der Waals surface area contributed by atoms with E-state index in [1.54, 1.807) is 12.1 Å². The summed E-state index contributed by atoms with van der Waals surface area (Å²) in [5, 5.41) is 17.9. The Labute approximate surface area is 272 Å². The number of aliphatic hydroxyl groups excluding tert-OH is 1. The number of aryl methyl sites for hydroxylation is 3. The van der Waals surface area contributed by atoms with Gasteiger partial charge in [-0.2, -0.15) is 5.10 Å². The molecule has 2 N–H and O–H groups in total. The Balaban J connectivity index is 1.21. The summed E-state index contributed by atoms with van der Waals surface area (Å²) in [7, 11) is 0. The first-order valence-corrected chi connectivity index (χ1v) is 15.7. The molecule has 5 rings (SSSR count). The highest BCUT2D eigenvalue weighted by molar-refractivity contribution is 8.15. The van der Waals surface area contributed by atoms with E-state index in [1.165, 1.54) is 52.3 Å². The molecule has 0 aliphatic carbocycles. The van der Waals surface area contributed by atoms with Gasteiger partial charge in [-0.05, 0) is 86.3 Å². The zero-order valence-corrected chi connectivity index (χ0v) is 26.5. The van der Waals surface area contributed by atoms with Gasteiger partial charge < -0.3 is 19.9 Å². The van der Waals surface area contributed by atoms with Gasteiger partial charge in [0.15, 0.2) is 11.0 Å². The second-order valence-corrected chi connectivity index (χ2v) is 11.7. The predicted molar refractivity (Wildman–Crippen MR) is 170 cm³/mol. The third-order valence-electron chi connectivity index (χ3n) is 7.09.